The molecule has 0 saturated carbocycles. The number of allylic oxidation sites excluding steroid dienone is 4. The van der Waals surface area contributed by atoms with Crippen molar-refractivity contribution in [3.8, 4) is 5.75 Å². The van der Waals surface area contributed by atoms with Crippen LogP contribution in [0, 0.1) is 17.8 Å². The number of ketones is 2. The number of nitrogens with one attached hydrogen (secondary N) is 1. The fourth-order valence-electron chi connectivity index (χ4n) is 7.30. The van der Waals surface area contributed by atoms with Crippen LogP contribution in [0.4, 0.5) is 5.69 Å². The second-order valence-corrected chi connectivity index (χ2v) is 16.3. The molecule has 1 N–H and O–H groups in total. The highest BCUT2D eigenvalue weighted by molar-refractivity contribution is 9.11. The molecular formula is C39H40Br2N2O4. The standard InChI is InChI=1S/C39H40Br2N2O4/c1-23-11-9-10-14-28(23)42-33(46)22-47-37-26(15-25(40)16-27(37)41)34-35-29(17-38(2,3)19-31(35)44)43(21-24-12-7-6-8-13-24)30-18-39(4,5)20-32(45)36(30)34/h6-16,34H,17-22H2,1-5H3,(H,42,46). The molecule has 0 fully saturated rings. The number of rotatable bonds is 7. The van der Waals surface area contributed by atoms with Crippen LogP contribution in [0.2, 0.25) is 0 Å². The van der Waals surface area contributed by atoms with Gasteiger partial charge in [0, 0.05) is 63.6 Å². The predicted octanol–water partition coefficient (Wildman–Crippen LogP) is 9.42. The number of benzene rings is 3. The summed E-state index contributed by atoms with van der Waals surface area (Å²) in [7, 11) is 0. The lowest BCUT2D eigenvalue weighted by molar-refractivity contribution is -0.120. The van der Waals surface area contributed by atoms with Gasteiger partial charge in [-0.2, -0.15) is 0 Å². The molecule has 1 amide bonds. The number of carbonyl (C=O) groups is 3. The molecular weight excluding hydrogens is 720 g/mol. The van der Waals surface area contributed by atoms with Gasteiger partial charge in [-0.1, -0.05) is 92.2 Å². The molecule has 6 nitrogen and oxygen atoms in total. The Bertz CT molecular complexity index is 1790. The Hall–Kier alpha value is -3.49. The summed E-state index contributed by atoms with van der Waals surface area (Å²) in [5.74, 6) is -0.389. The van der Waals surface area contributed by atoms with E-state index in [1.807, 2.05) is 61.5 Å². The fourth-order valence-corrected chi connectivity index (χ4v) is 8.67. The lowest BCUT2D eigenvalue weighted by Crippen LogP contribution is -2.44. The first-order valence-corrected chi connectivity index (χ1v) is 17.6. The molecule has 3 aliphatic rings. The predicted molar refractivity (Wildman–Crippen MR) is 192 cm³/mol. The smallest absolute Gasteiger partial charge is 0.262 e. The van der Waals surface area contributed by atoms with Crippen molar-refractivity contribution in [2.75, 3.05) is 11.9 Å². The maximum Gasteiger partial charge on any atom is 0.262 e. The van der Waals surface area contributed by atoms with Crippen molar-refractivity contribution >= 4 is 55.0 Å². The van der Waals surface area contributed by atoms with Crippen LogP contribution in [0.3, 0.4) is 0 Å². The summed E-state index contributed by atoms with van der Waals surface area (Å²) in [5.41, 5.74) is 6.26. The summed E-state index contributed by atoms with van der Waals surface area (Å²) >= 11 is 7.36. The number of aryl methyl sites for hydroxylation is 1. The molecule has 6 rings (SSSR count). The summed E-state index contributed by atoms with van der Waals surface area (Å²) in [6.07, 6.45) is 2.17. The van der Waals surface area contributed by atoms with Crippen molar-refractivity contribution < 1.29 is 19.1 Å². The van der Waals surface area contributed by atoms with Gasteiger partial charge in [0.2, 0.25) is 0 Å². The average Bonchev–Trinajstić information content (AvgIpc) is 2.97. The minimum absolute atomic E-state index is 0.0443. The van der Waals surface area contributed by atoms with Gasteiger partial charge in [-0.25, -0.2) is 0 Å². The number of para-hydroxylation sites is 1. The van der Waals surface area contributed by atoms with Crippen LogP contribution in [0.1, 0.15) is 76.0 Å². The van der Waals surface area contributed by atoms with Crippen molar-refractivity contribution in [3.05, 3.63) is 115 Å². The van der Waals surface area contributed by atoms with Crippen molar-refractivity contribution in [2.45, 2.75) is 72.8 Å². The van der Waals surface area contributed by atoms with Crippen molar-refractivity contribution in [1.29, 1.82) is 0 Å². The van der Waals surface area contributed by atoms with E-state index in [1.54, 1.807) is 0 Å². The van der Waals surface area contributed by atoms with Gasteiger partial charge in [0.25, 0.3) is 5.91 Å². The largest absolute Gasteiger partial charge is 0.482 e. The van der Waals surface area contributed by atoms with E-state index in [2.05, 4.69) is 81.9 Å². The molecule has 8 heteroatoms. The first-order chi connectivity index (χ1) is 22.2. The number of nitrogens with zero attached hydrogens (tertiary/aromatic N) is 1. The normalized spacial score (nSPS) is 19.0. The highest BCUT2D eigenvalue weighted by atomic mass is 79.9. The quantitative estimate of drug-likeness (QED) is 0.260. The topological polar surface area (TPSA) is 75.7 Å². The number of hydrogen-bond donors (Lipinski definition) is 1. The number of halogens is 2. The molecule has 0 aromatic heterocycles. The number of amides is 1. The summed E-state index contributed by atoms with van der Waals surface area (Å²) in [6.45, 7) is 10.8. The summed E-state index contributed by atoms with van der Waals surface area (Å²) in [6, 6.07) is 21.6. The average molecular weight is 761 g/mol. The number of anilines is 1. The maximum absolute atomic E-state index is 14.4. The van der Waals surface area contributed by atoms with Gasteiger partial charge in [-0.05, 0) is 75.9 Å². The van der Waals surface area contributed by atoms with Gasteiger partial charge in [0.05, 0.1) is 4.47 Å². The van der Waals surface area contributed by atoms with E-state index in [9.17, 15) is 14.4 Å². The van der Waals surface area contributed by atoms with E-state index in [0.717, 1.165) is 32.7 Å². The van der Waals surface area contributed by atoms with Crippen LogP contribution in [0.5, 0.6) is 5.75 Å². The van der Waals surface area contributed by atoms with Gasteiger partial charge in [0.1, 0.15) is 5.75 Å². The van der Waals surface area contributed by atoms with Crippen molar-refractivity contribution in [1.82, 2.24) is 4.90 Å². The van der Waals surface area contributed by atoms with Gasteiger partial charge in [-0.3, -0.25) is 14.4 Å². The third-order valence-corrected chi connectivity index (χ3v) is 10.4. The number of ether oxygens (including phenoxy) is 1. The lowest BCUT2D eigenvalue weighted by atomic mass is 9.63. The monoisotopic (exact) mass is 758 g/mol. The molecule has 244 valence electrons. The molecule has 0 saturated heterocycles. The van der Waals surface area contributed by atoms with Crippen LogP contribution < -0.4 is 10.1 Å². The van der Waals surface area contributed by atoms with Gasteiger partial charge in [-0.15, -0.1) is 0 Å². The summed E-state index contributed by atoms with van der Waals surface area (Å²) < 4.78 is 7.73. The Balaban J connectivity index is 1.50. The second-order valence-electron chi connectivity index (χ2n) is 14.6. The van der Waals surface area contributed by atoms with Crippen LogP contribution in [0.15, 0.2) is 98.2 Å². The van der Waals surface area contributed by atoms with Crippen LogP contribution in [0.25, 0.3) is 0 Å². The molecule has 0 unspecified atom stereocenters. The highest BCUT2D eigenvalue weighted by Gasteiger charge is 2.49. The molecule has 0 atom stereocenters. The minimum atomic E-state index is -0.623. The van der Waals surface area contributed by atoms with E-state index in [-0.39, 0.29) is 34.9 Å². The molecule has 1 heterocycles. The van der Waals surface area contributed by atoms with Crippen LogP contribution >= 0.6 is 31.9 Å². The minimum Gasteiger partial charge on any atom is -0.482 e. The molecule has 1 aliphatic heterocycles. The second kappa shape index (κ2) is 12.8. The molecule has 0 bridgehead atoms. The van der Waals surface area contributed by atoms with Gasteiger partial charge < -0.3 is 15.0 Å². The number of carbonyl (C=O) groups excluding carboxylic acids is 3. The molecule has 2 aliphatic carbocycles. The van der Waals surface area contributed by atoms with E-state index in [1.165, 1.54) is 0 Å². The van der Waals surface area contributed by atoms with E-state index in [0.29, 0.717) is 59.2 Å². The third-order valence-electron chi connectivity index (χ3n) is 9.32. The van der Waals surface area contributed by atoms with Crippen molar-refractivity contribution in [3.63, 3.8) is 0 Å². The first-order valence-electron chi connectivity index (χ1n) is 16.0. The molecule has 47 heavy (non-hydrogen) atoms. The Morgan fingerprint density at radius 1 is 0.851 bits per heavy atom. The Morgan fingerprint density at radius 2 is 1.43 bits per heavy atom. The van der Waals surface area contributed by atoms with Gasteiger partial charge in [0.15, 0.2) is 18.2 Å². The molecule has 3 aromatic carbocycles. The van der Waals surface area contributed by atoms with Crippen molar-refractivity contribution in [2.24, 2.45) is 10.8 Å². The summed E-state index contributed by atoms with van der Waals surface area (Å²) in [4.78, 5) is 44.1. The fraction of sp³-hybridized carbons (Fsp3) is 0.359. The van der Waals surface area contributed by atoms with E-state index >= 15 is 0 Å². The number of Topliss-reactive ketones (excluding diaryl/α,β-unsaturated/α-hetero) is 2. The SMILES string of the molecule is Cc1ccccc1NC(=O)COc1c(Br)cc(Br)cc1C1C2=C(CC(C)(C)CC2=O)N(Cc2ccccc2)C2=C1C(=O)CC(C)(C)C2. The summed E-state index contributed by atoms with van der Waals surface area (Å²) in [5, 5.41) is 2.94. The van der Waals surface area contributed by atoms with Gasteiger partial charge >= 0.3 is 0 Å². The molecule has 3 aromatic rings. The zero-order chi connectivity index (χ0) is 33.7. The van der Waals surface area contributed by atoms with E-state index in [4.69, 9.17) is 4.74 Å². The Labute approximate surface area is 293 Å². The van der Waals surface area contributed by atoms with E-state index < -0.39 is 5.92 Å². The number of hydrogen-bond acceptors (Lipinski definition) is 5. The zero-order valence-corrected chi connectivity index (χ0v) is 30.7. The van der Waals surface area contributed by atoms with Crippen LogP contribution in [-0.4, -0.2) is 29.0 Å². The Kier molecular flexibility index (Phi) is 9.13. The Morgan fingerprint density at radius 3 is 2.02 bits per heavy atom. The first kappa shape index (κ1) is 33.4. The zero-order valence-electron chi connectivity index (χ0n) is 27.5. The lowest BCUT2D eigenvalue weighted by Gasteiger charge is -2.49. The molecule has 0 spiro atoms. The maximum atomic E-state index is 14.4. The highest BCUT2D eigenvalue weighted by Crippen LogP contribution is 2.56. The van der Waals surface area contributed by atoms with Crippen LogP contribution in [-0.2, 0) is 20.9 Å². The molecule has 0 radical (unpaired) electrons. The third kappa shape index (κ3) is 6.91.